The topological polar surface area (TPSA) is 81.1 Å². The van der Waals surface area contributed by atoms with E-state index in [2.05, 4.69) is 10.3 Å². The zero-order valence-electron chi connectivity index (χ0n) is 11.1. The molecule has 1 N–H and O–H groups in total. The maximum Gasteiger partial charge on any atom is 0.293 e. The maximum absolute atomic E-state index is 12.1. The molecule has 0 aliphatic rings. The van der Waals surface area contributed by atoms with Crippen LogP contribution in [0.3, 0.4) is 0 Å². The molecule has 0 unspecified atom stereocenters. The van der Waals surface area contributed by atoms with E-state index >= 15 is 0 Å². The number of anilines is 1. The second-order valence-corrected chi connectivity index (χ2v) is 7.44. The molecule has 0 saturated heterocycles. The Morgan fingerprint density at radius 3 is 2.50 bits per heavy atom. The molecule has 1 heterocycles. The molecule has 0 aliphatic carbocycles. The summed E-state index contributed by atoms with van der Waals surface area (Å²) < 4.78 is 23.5. The van der Waals surface area contributed by atoms with Gasteiger partial charge in [-0.05, 0) is 20.8 Å². The van der Waals surface area contributed by atoms with Gasteiger partial charge in [0.15, 0.2) is 5.82 Å². The maximum atomic E-state index is 12.1. The molecule has 0 saturated carbocycles. The van der Waals surface area contributed by atoms with Crippen molar-refractivity contribution in [2.45, 2.75) is 26.3 Å². The molecule has 0 amide bonds. The molecule has 0 spiro atoms. The monoisotopic (exact) mass is 273 g/mol. The second kappa shape index (κ2) is 5.09. The molecular weight excluding hydrogens is 254 g/mol. The molecular formula is C11H19N3O3S. The molecule has 0 atom stereocenters. The van der Waals surface area contributed by atoms with E-state index in [1.807, 2.05) is 20.8 Å². The third-order valence-corrected chi connectivity index (χ3v) is 3.27. The SMILES string of the molecule is CC(C)(C)n1ccnc(NCCS(C)(=O)=O)c1=O. The Morgan fingerprint density at radius 2 is 2.00 bits per heavy atom. The van der Waals surface area contributed by atoms with Crippen molar-refractivity contribution in [3.63, 3.8) is 0 Å². The van der Waals surface area contributed by atoms with E-state index in [1.165, 1.54) is 6.20 Å². The van der Waals surface area contributed by atoms with Gasteiger partial charge in [0.2, 0.25) is 0 Å². The van der Waals surface area contributed by atoms with Gasteiger partial charge >= 0.3 is 0 Å². The van der Waals surface area contributed by atoms with Gasteiger partial charge in [0.25, 0.3) is 5.56 Å². The van der Waals surface area contributed by atoms with E-state index in [0.717, 1.165) is 6.26 Å². The number of rotatable bonds is 4. The van der Waals surface area contributed by atoms with Gasteiger partial charge in [-0.3, -0.25) is 4.79 Å². The van der Waals surface area contributed by atoms with Crippen molar-refractivity contribution in [1.29, 1.82) is 0 Å². The first kappa shape index (κ1) is 14.7. The van der Waals surface area contributed by atoms with Gasteiger partial charge in [-0.25, -0.2) is 13.4 Å². The summed E-state index contributed by atoms with van der Waals surface area (Å²) in [6, 6.07) is 0. The van der Waals surface area contributed by atoms with E-state index < -0.39 is 9.84 Å². The first-order chi connectivity index (χ1) is 8.11. The van der Waals surface area contributed by atoms with Crippen molar-refractivity contribution < 1.29 is 8.42 Å². The van der Waals surface area contributed by atoms with Crippen LogP contribution in [0.5, 0.6) is 0 Å². The minimum absolute atomic E-state index is 0.0292. The molecule has 0 radical (unpaired) electrons. The molecule has 102 valence electrons. The molecule has 6 nitrogen and oxygen atoms in total. The van der Waals surface area contributed by atoms with Gasteiger partial charge in [-0.2, -0.15) is 0 Å². The number of nitrogens with zero attached hydrogens (tertiary/aromatic N) is 2. The zero-order valence-corrected chi connectivity index (χ0v) is 11.9. The summed E-state index contributed by atoms with van der Waals surface area (Å²) in [7, 11) is -3.04. The minimum Gasteiger partial charge on any atom is -0.364 e. The number of aromatic nitrogens is 2. The Kier molecular flexibility index (Phi) is 4.16. The molecule has 0 bridgehead atoms. The lowest BCUT2D eigenvalue weighted by Crippen LogP contribution is -2.35. The van der Waals surface area contributed by atoms with Crippen LogP contribution in [0.15, 0.2) is 17.2 Å². The Morgan fingerprint density at radius 1 is 1.39 bits per heavy atom. The molecule has 1 aromatic rings. The van der Waals surface area contributed by atoms with Crippen molar-refractivity contribution in [1.82, 2.24) is 9.55 Å². The number of hydrogen-bond acceptors (Lipinski definition) is 5. The van der Waals surface area contributed by atoms with E-state index in [9.17, 15) is 13.2 Å². The van der Waals surface area contributed by atoms with Crippen LogP contribution in [0.1, 0.15) is 20.8 Å². The minimum atomic E-state index is -3.04. The first-order valence-corrected chi connectivity index (χ1v) is 7.67. The summed E-state index contributed by atoms with van der Waals surface area (Å²) in [5, 5.41) is 2.76. The lowest BCUT2D eigenvalue weighted by atomic mass is 10.1. The van der Waals surface area contributed by atoms with Gasteiger partial charge < -0.3 is 9.88 Å². The standard InChI is InChI=1S/C11H19N3O3S/c1-11(2,3)14-7-5-12-9(10(14)15)13-6-8-18(4,16)17/h5,7H,6,8H2,1-4H3,(H,12,13). The number of hydrogen-bond donors (Lipinski definition) is 1. The van der Waals surface area contributed by atoms with Crippen molar-refractivity contribution in [3.05, 3.63) is 22.7 Å². The Hall–Kier alpha value is -1.37. The van der Waals surface area contributed by atoms with Crippen molar-refractivity contribution in [2.75, 3.05) is 23.9 Å². The van der Waals surface area contributed by atoms with E-state index in [-0.39, 0.29) is 29.2 Å². The molecule has 7 heteroatoms. The predicted molar refractivity (Wildman–Crippen MR) is 71.7 cm³/mol. The molecule has 18 heavy (non-hydrogen) atoms. The van der Waals surface area contributed by atoms with Crippen molar-refractivity contribution in [3.8, 4) is 0 Å². The summed E-state index contributed by atoms with van der Waals surface area (Å²) in [6.45, 7) is 5.91. The van der Waals surface area contributed by atoms with Gasteiger partial charge in [-0.1, -0.05) is 0 Å². The largest absolute Gasteiger partial charge is 0.364 e. The summed E-state index contributed by atoms with van der Waals surface area (Å²) in [4.78, 5) is 16.0. The van der Waals surface area contributed by atoms with Crippen LogP contribution >= 0.6 is 0 Å². The average Bonchev–Trinajstić information content (AvgIpc) is 2.17. The van der Waals surface area contributed by atoms with Crippen molar-refractivity contribution >= 4 is 15.7 Å². The highest BCUT2D eigenvalue weighted by Crippen LogP contribution is 2.10. The van der Waals surface area contributed by atoms with Crippen LogP contribution in [0, 0.1) is 0 Å². The third-order valence-electron chi connectivity index (χ3n) is 2.33. The highest BCUT2D eigenvalue weighted by molar-refractivity contribution is 7.90. The average molecular weight is 273 g/mol. The second-order valence-electron chi connectivity index (χ2n) is 5.18. The summed E-state index contributed by atoms with van der Waals surface area (Å²) in [6.07, 6.45) is 4.29. The van der Waals surface area contributed by atoms with E-state index in [0.29, 0.717) is 0 Å². The van der Waals surface area contributed by atoms with E-state index in [4.69, 9.17) is 0 Å². The lowest BCUT2D eigenvalue weighted by molar-refractivity contribution is 0.383. The fourth-order valence-corrected chi connectivity index (χ4v) is 1.89. The Balaban J connectivity index is 2.89. The van der Waals surface area contributed by atoms with Gasteiger partial charge in [0.05, 0.1) is 5.75 Å². The number of nitrogens with one attached hydrogen (secondary N) is 1. The van der Waals surface area contributed by atoms with E-state index in [1.54, 1.807) is 10.8 Å². The predicted octanol–water partition coefficient (Wildman–Crippen LogP) is 0.455. The molecule has 0 aliphatic heterocycles. The van der Waals surface area contributed by atoms with Crippen molar-refractivity contribution in [2.24, 2.45) is 0 Å². The Bertz CT molecular complexity index is 570. The number of sulfone groups is 1. The summed E-state index contributed by atoms with van der Waals surface area (Å²) >= 11 is 0. The molecule has 0 aromatic carbocycles. The first-order valence-electron chi connectivity index (χ1n) is 5.61. The summed E-state index contributed by atoms with van der Waals surface area (Å²) in [5.74, 6) is 0.148. The van der Waals surface area contributed by atoms with Crippen LogP contribution in [0.4, 0.5) is 5.82 Å². The fraction of sp³-hybridized carbons (Fsp3) is 0.636. The van der Waals surface area contributed by atoms with Crippen LogP contribution in [0.25, 0.3) is 0 Å². The normalized spacial score (nSPS) is 12.4. The summed E-state index contributed by atoms with van der Waals surface area (Å²) in [5.41, 5.74) is -0.591. The zero-order chi connectivity index (χ0) is 14.0. The van der Waals surface area contributed by atoms with Gasteiger partial charge in [0.1, 0.15) is 9.84 Å². The van der Waals surface area contributed by atoms with Crippen LogP contribution in [-0.4, -0.2) is 36.5 Å². The molecule has 0 fully saturated rings. The highest BCUT2D eigenvalue weighted by atomic mass is 32.2. The fourth-order valence-electron chi connectivity index (χ4n) is 1.42. The van der Waals surface area contributed by atoms with Crippen LogP contribution < -0.4 is 10.9 Å². The Labute approximate surface area is 107 Å². The van der Waals surface area contributed by atoms with Crippen LogP contribution in [0.2, 0.25) is 0 Å². The smallest absolute Gasteiger partial charge is 0.293 e. The van der Waals surface area contributed by atoms with Crippen LogP contribution in [-0.2, 0) is 15.4 Å². The highest BCUT2D eigenvalue weighted by Gasteiger charge is 2.16. The van der Waals surface area contributed by atoms with Gasteiger partial charge in [0, 0.05) is 30.7 Å². The quantitative estimate of drug-likeness (QED) is 0.861. The third kappa shape index (κ3) is 4.14. The van der Waals surface area contributed by atoms with Gasteiger partial charge in [-0.15, -0.1) is 0 Å². The lowest BCUT2D eigenvalue weighted by Gasteiger charge is -2.22. The molecule has 1 rings (SSSR count). The molecule has 1 aromatic heterocycles.